The van der Waals surface area contributed by atoms with Gasteiger partial charge < -0.3 is 10.1 Å². The molecule has 2 aromatic rings. The number of nitrogens with one attached hydrogen (secondary N) is 1. The van der Waals surface area contributed by atoms with Crippen LogP contribution in [0.5, 0.6) is 5.75 Å². The predicted molar refractivity (Wildman–Crippen MR) is 67.4 cm³/mol. The van der Waals surface area contributed by atoms with E-state index in [1.165, 1.54) is 10.4 Å². The van der Waals surface area contributed by atoms with Crippen LogP contribution in [0.2, 0.25) is 0 Å². The normalized spacial score (nSPS) is 18.4. The van der Waals surface area contributed by atoms with Gasteiger partial charge in [-0.1, -0.05) is 18.2 Å². The number of rotatable bonds is 1. The van der Waals surface area contributed by atoms with Crippen LogP contribution in [0.1, 0.15) is 16.5 Å². The zero-order valence-electron chi connectivity index (χ0n) is 9.07. The first-order chi connectivity index (χ1) is 7.84. The van der Waals surface area contributed by atoms with Crippen molar-refractivity contribution < 1.29 is 4.74 Å². The molecule has 1 N–H and O–H groups in total. The van der Waals surface area contributed by atoms with Crippen LogP contribution in [0, 0.1) is 6.92 Å². The molecule has 2 nitrogen and oxygen atoms in total. The molecule has 0 bridgehead atoms. The number of hydrogen-bond donors (Lipinski definition) is 1. The van der Waals surface area contributed by atoms with E-state index in [-0.39, 0.29) is 6.10 Å². The van der Waals surface area contributed by atoms with Crippen molar-refractivity contribution in [1.29, 1.82) is 0 Å². The lowest BCUT2D eigenvalue weighted by Gasteiger charge is -2.27. The number of hydrogen-bond acceptors (Lipinski definition) is 3. The van der Waals surface area contributed by atoms with E-state index in [1.807, 2.05) is 0 Å². The summed E-state index contributed by atoms with van der Waals surface area (Å²) in [5.74, 6) is 0.993. The molecule has 0 saturated carbocycles. The monoisotopic (exact) mass is 231 g/mol. The van der Waals surface area contributed by atoms with Crippen LogP contribution in [0.3, 0.4) is 0 Å². The van der Waals surface area contributed by atoms with Gasteiger partial charge in [-0.25, -0.2) is 0 Å². The Bertz CT molecular complexity index is 493. The molecule has 0 amide bonds. The number of ether oxygens (including phenoxy) is 1. The number of para-hydroxylation sites is 1. The highest BCUT2D eigenvalue weighted by molar-refractivity contribution is 7.10. The fourth-order valence-electron chi connectivity index (χ4n) is 1.97. The molecule has 3 heteroatoms. The van der Waals surface area contributed by atoms with Crippen molar-refractivity contribution in [3.05, 3.63) is 46.2 Å². The Morgan fingerprint density at radius 2 is 2.25 bits per heavy atom. The van der Waals surface area contributed by atoms with E-state index in [0.29, 0.717) is 0 Å². The first-order valence-corrected chi connectivity index (χ1v) is 6.26. The average molecular weight is 231 g/mol. The Kier molecular flexibility index (Phi) is 2.33. The zero-order valence-corrected chi connectivity index (χ0v) is 9.88. The lowest BCUT2D eigenvalue weighted by Crippen LogP contribution is -2.23. The summed E-state index contributed by atoms with van der Waals surface area (Å²) in [5, 5.41) is 5.51. The minimum Gasteiger partial charge on any atom is -0.481 e. The molecule has 1 atom stereocenters. The maximum absolute atomic E-state index is 6.06. The molecule has 0 spiro atoms. The number of thiophene rings is 1. The zero-order chi connectivity index (χ0) is 11.0. The maximum Gasteiger partial charge on any atom is 0.150 e. The van der Waals surface area contributed by atoms with Crippen LogP contribution in [0.15, 0.2) is 35.7 Å². The Hall–Kier alpha value is -1.48. The third-order valence-electron chi connectivity index (χ3n) is 2.81. The molecule has 0 aliphatic carbocycles. The van der Waals surface area contributed by atoms with Gasteiger partial charge >= 0.3 is 0 Å². The van der Waals surface area contributed by atoms with Crippen molar-refractivity contribution in [3.8, 4) is 5.75 Å². The molecule has 1 aliphatic rings. The Morgan fingerprint density at radius 3 is 3.06 bits per heavy atom. The average Bonchev–Trinajstić information content (AvgIpc) is 2.83. The van der Waals surface area contributed by atoms with Crippen molar-refractivity contribution in [2.75, 3.05) is 11.9 Å². The largest absolute Gasteiger partial charge is 0.481 e. The van der Waals surface area contributed by atoms with Gasteiger partial charge in [-0.2, -0.15) is 0 Å². The fraction of sp³-hybridized carbons (Fsp3) is 0.231. The lowest BCUT2D eigenvalue weighted by atomic mass is 10.1. The van der Waals surface area contributed by atoms with Crippen molar-refractivity contribution in [1.82, 2.24) is 0 Å². The molecule has 16 heavy (non-hydrogen) atoms. The molecule has 82 valence electrons. The van der Waals surface area contributed by atoms with Crippen LogP contribution in [0.4, 0.5) is 5.69 Å². The van der Waals surface area contributed by atoms with Crippen LogP contribution in [0.25, 0.3) is 0 Å². The highest BCUT2D eigenvalue weighted by Gasteiger charge is 2.22. The standard InChI is InChI=1S/C13H13NOS/c1-9-4-2-5-10-13(9)15-11(8-14-10)12-6-3-7-16-12/h2-7,11,14H,8H2,1H3. The first kappa shape index (κ1) is 9.73. The highest BCUT2D eigenvalue weighted by atomic mass is 32.1. The van der Waals surface area contributed by atoms with Crippen molar-refractivity contribution in [2.45, 2.75) is 13.0 Å². The molecule has 1 aromatic carbocycles. The van der Waals surface area contributed by atoms with E-state index < -0.39 is 0 Å². The summed E-state index contributed by atoms with van der Waals surface area (Å²) in [6, 6.07) is 10.4. The van der Waals surface area contributed by atoms with Gasteiger partial charge in [-0.05, 0) is 30.0 Å². The second-order valence-corrected chi connectivity index (χ2v) is 4.93. The Morgan fingerprint density at radius 1 is 1.31 bits per heavy atom. The van der Waals surface area contributed by atoms with Crippen LogP contribution >= 0.6 is 11.3 Å². The number of fused-ring (bicyclic) bond motifs is 1. The summed E-state index contributed by atoms with van der Waals surface area (Å²) in [6.07, 6.45) is 0.147. The van der Waals surface area contributed by atoms with Gasteiger partial charge in [0.25, 0.3) is 0 Å². The van der Waals surface area contributed by atoms with Gasteiger partial charge in [-0.15, -0.1) is 11.3 Å². The van der Waals surface area contributed by atoms with E-state index in [9.17, 15) is 0 Å². The van der Waals surface area contributed by atoms with Gasteiger partial charge in [0.15, 0.2) is 6.10 Å². The van der Waals surface area contributed by atoms with Crippen LogP contribution < -0.4 is 10.1 Å². The minimum absolute atomic E-state index is 0.147. The number of aryl methyl sites for hydroxylation is 1. The second kappa shape index (κ2) is 3.83. The van der Waals surface area contributed by atoms with E-state index in [2.05, 4.69) is 48.0 Å². The summed E-state index contributed by atoms with van der Waals surface area (Å²) in [5.41, 5.74) is 2.29. The van der Waals surface area contributed by atoms with Gasteiger partial charge in [-0.3, -0.25) is 0 Å². The van der Waals surface area contributed by atoms with Crippen molar-refractivity contribution in [3.63, 3.8) is 0 Å². The van der Waals surface area contributed by atoms with E-state index >= 15 is 0 Å². The van der Waals surface area contributed by atoms with Gasteiger partial charge in [0.05, 0.1) is 12.2 Å². The smallest absolute Gasteiger partial charge is 0.150 e. The summed E-state index contributed by atoms with van der Waals surface area (Å²) in [4.78, 5) is 1.28. The van der Waals surface area contributed by atoms with Gasteiger partial charge in [0, 0.05) is 4.88 Å². The van der Waals surface area contributed by atoms with Crippen molar-refractivity contribution >= 4 is 17.0 Å². The Balaban J connectivity index is 1.94. The minimum atomic E-state index is 0.147. The fourth-order valence-corrected chi connectivity index (χ4v) is 2.72. The third-order valence-corrected chi connectivity index (χ3v) is 3.77. The molecular formula is C13H13NOS. The molecule has 1 aliphatic heterocycles. The molecule has 0 radical (unpaired) electrons. The highest BCUT2D eigenvalue weighted by Crippen LogP contribution is 2.37. The Labute approximate surface area is 98.9 Å². The quantitative estimate of drug-likeness (QED) is 0.809. The van der Waals surface area contributed by atoms with E-state index in [1.54, 1.807) is 11.3 Å². The molecule has 1 aromatic heterocycles. The SMILES string of the molecule is Cc1cccc2c1OC(c1cccs1)CN2. The first-order valence-electron chi connectivity index (χ1n) is 5.38. The summed E-state index contributed by atoms with van der Waals surface area (Å²) < 4.78 is 6.06. The molecule has 3 rings (SSSR count). The molecule has 1 unspecified atom stereocenters. The number of benzene rings is 1. The maximum atomic E-state index is 6.06. The molecule has 2 heterocycles. The lowest BCUT2D eigenvalue weighted by molar-refractivity contribution is 0.213. The molecule has 0 saturated heterocycles. The summed E-state index contributed by atoms with van der Waals surface area (Å²) in [6.45, 7) is 2.92. The third kappa shape index (κ3) is 1.57. The summed E-state index contributed by atoms with van der Waals surface area (Å²) in [7, 11) is 0. The van der Waals surface area contributed by atoms with E-state index in [0.717, 1.165) is 18.0 Å². The van der Waals surface area contributed by atoms with Gasteiger partial charge in [0.1, 0.15) is 5.75 Å². The van der Waals surface area contributed by atoms with Gasteiger partial charge in [0.2, 0.25) is 0 Å². The van der Waals surface area contributed by atoms with E-state index in [4.69, 9.17) is 4.74 Å². The van der Waals surface area contributed by atoms with Crippen LogP contribution in [-0.2, 0) is 0 Å². The second-order valence-electron chi connectivity index (χ2n) is 3.95. The predicted octanol–water partition coefficient (Wildman–Crippen LogP) is 3.60. The molecule has 0 fully saturated rings. The summed E-state index contributed by atoms with van der Waals surface area (Å²) >= 11 is 1.74. The molecular weight excluding hydrogens is 218 g/mol. The van der Waals surface area contributed by atoms with Crippen molar-refractivity contribution in [2.24, 2.45) is 0 Å². The van der Waals surface area contributed by atoms with Crippen LogP contribution in [-0.4, -0.2) is 6.54 Å². The topological polar surface area (TPSA) is 21.3 Å². The number of anilines is 1.